The summed E-state index contributed by atoms with van der Waals surface area (Å²) in [4.78, 5) is 11.8. The molecule has 0 radical (unpaired) electrons. The molecule has 7 heteroatoms. The summed E-state index contributed by atoms with van der Waals surface area (Å²) in [5.41, 5.74) is -0.0810. The Hall–Kier alpha value is -1.47. The number of nitrogens with one attached hydrogen (secondary N) is 1. The van der Waals surface area contributed by atoms with Crippen LogP contribution in [0.2, 0.25) is 0 Å². The fourth-order valence-corrected chi connectivity index (χ4v) is 3.95. The van der Waals surface area contributed by atoms with Gasteiger partial charge in [-0.25, -0.2) is 17.9 Å². The molecule has 2 atom stereocenters. The van der Waals surface area contributed by atoms with Crippen molar-refractivity contribution in [1.29, 1.82) is 0 Å². The van der Waals surface area contributed by atoms with Crippen LogP contribution in [-0.4, -0.2) is 14.3 Å². The first kappa shape index (κ1) is 13.5. The van der Waals surface area contributed by atoms with E-state index >= 15 is 0 Å². The topological polar surface area (TPSA) is 89.3 Å². The number of sulfonamides is 1. The second-order valence-corrected chi connectivity index (χ2v) is 6.99. The lowest BCUT2D eigenvalue weighted by Crippen LogP contribution is -2.21. The maximum absolute atomic E-state index is 13.2. The number of hydrogen-bond donors (Lipinski definition) is 2. The van der Waals surface area contributed by atoms with Crippen molar-refractivity contribution < 1.29 is 17.6 Å². The van der Waals surface area contributed by atoms with Gasteiger partial charge >= 0.3 is 0 Å². The highest BCUT2D eigenvalue weighted by Gasteiger charge is 2.56. The molecule has 2 fully saturated rings. The normalized spacial score (nSPS) is 28.0. The van der Waals surface area contributed by atoms with Crippen LogP contribution >= 0.6 is 0 Å². The number of fused-ring (bicyclic) bond motifs is 1. The number of hydrogen-bond acceptors (Lipinski definition) is 3. The van der Waals surface area contributed by atoms with E-state index in [-0.39, 0.29) is 22.4 Å². The van der Waals surface area contributed by atoms with Crippen molar-refractivity contribution in [2.45, 2.75) is 24.2 Å². The van der Waals surface area contributed by atoms with E-state index in [4.69, 9.17) is 5.14 Å². The zero-order chi connectivity index (χ0) is 14.5. The quantitative estimate of drug-likeness (QED) is 0.885. The molecule has 0 spiro atoms. The summed E-state index contributed by atoms with van der Waals surface area (Å²) in [6.45, 7) is 0. The first-order valence-electron chi connectivity index (χ1n) is 6.51. The monoisotopic (exact) mass is 298 g/mol. The summed E-state index contributed by atoms with van der Waals surface area (Å²) in [6.07, 6.45) is 3.21. The second-order valence-electron chi connectivity index (χ2n) is 5.46. The van der Waals surface area contributed by atoms with Gasteiger partial charge in [-0.15, -0.1) is 0 Å². The predicted molar refractivity (Wildman–Crippen MR) is 70.7 cm³/mol. The lowest BCUT2D eigenvalue weighted by atomic mass is 10.1. The van der Waals surface area contributed by atoms with Crippen molar-refractivity contribution in [2.75, 3.05) is 5.32 Å². The van der Waals surface area contributed by atoms with Crippen LogP contribution in [0.15, 0.2) is 23.1 Å². The molecule has 3 N–H and O–H groups in total. The molecule has 3 rings (SSSR count). The Labute approximate surface area is 116 Å². The van der Waals surface area contributed by atoms with Crippen molar-refractivity contribution in [3.8, 4) is 0 Å². The minimum absolute atomic E-state index is 0.0691. The van der Waals surface area contributed by atoms with Crippen LogP contribution in [0.25, 0.3) is 0 Å². The standard InChI is InChI=1S/C13H15FN2O3S/c14-7-4-5-11(20(15,18)19)10(6-7)16-13(17)12-8-2-1-3-9(8)12/h4-6,8-9,12H,1-3H2,(H,16,17)(H2,15,18,19). The van der Waals surface area contributed by atoms with Gasteiger partial charge in [-0.2, -0.15) is 0 Å². The van der Waals surface area contributed by atoms with Crippen LogP contribution in [0, 0.1) is 23.6 Å². The largest absolute Gasteiger partial charge is 0.325 e. The summed E-state index contributed by atoms with van der Waals surface area (Å²) < 4.78 is 36.1. The van der Waals surface area contributed by atoms with Gasteiger partial charge in [0.05, 0.1) is 5.69 Å². The Bertz CT molecular complexity index is 664. The Morgan fingerprint density at radius 2 is 1.95 bits per heavy atom. The van der Waals surface area contributed by atoms with Crippen LogP contribution in [0.5, 0.6) is 0 Å². The fraction of sp³-hybridized carbons (Fsp3) is 0.462. The molecule has 108 valence electrons. The minimum atomic E-state index is -4.00. The van der Waals surface area contributed by atoms with Gasteiger partial charge < -0.3 is 5.32 Å². The zero-order valence-electron chi connectivity index (χ0n) is 10.7. The molecule has 1 aromatic rings. The van der Waals surface area contributed by atoms with Crippen molar-refractivity contribution in [3.63, 3.8) is 0 Å². The van der Waals surface area contributed by atoms with Gasteiger partial charge in [0.2, 0.25) is 15.9 Å². The molecule has 0 bridgehead atoms. The smallest absolute Gasteiger partial charge is 0.240 e. The molecule has 1 aromatic carbocycles. The summed E-state index contributed by atoms with van der Waals surface area (Å²) in [7, 11) is -4.00. The second kappa shape index (κ2) is 4.53. The van der Waals surface area contributed by atoms with E-state index in [1.54, 1.807) is 0 Å². The van der Waals surface area contributed by atoms with Crippen LogP contribution < -0.4 is 10.5 Å². The molecular formula is C13H15FN2O3S. The molecule has 5 nitrogen and oxygen atoms in total. The summed E-state index contributed by atoms with van der Waals surface area (Å²) >= 11 is 0. The molecule has 2 saturated carbocycles. The van der Waals surface area contributed by atoms with Gasteiger partial charge in [-0.1, -0.05) is 6.42 Å². The molecular weight excluding hydrogens is 283 g/mol. The number of carbonyl (C=O) groups is 1. The lowest BCUT2D eigenvalue weighted by molar-refractivity contribution is -0.118. The number of amides is 1. The van der Waals surface area contributed by atoms with Gasteiger partial charge in [-0.3, -0.25) is 4.79 Å². The SMILES string of the molecule is NS(=O)(=O)c1ccc(F)cc1NC(=O)C1C2CCCC21. The highest BCUT2D eigenvalue weighted by atomic mass is 32.2. The fourth-order valence-electron chi connectivity index (χ4n) is 3.27. The zero-order valence-corrected chi connectivity index (χ0v) is 11.5. The summed E-state index contributed by atoms with van der Waals surface area (Å²) in [6, 6.07) is 3.05. The van der Waals surface area contributed by atoms with Gasteiger partial charge in [0.25, 0.3) is 0 Å². The van der Waals surface area contributed by atoms with Gasteiger partial charge in [0.1, 0.15) is 10.7 Å². The predicted octanol–water partition coefficient (Wildman–Crippen LogP) is 1.46. The molecule has 1 amide bonds. The third-order valence-electron chi connectivity index (χ3n) is 4.22. The Kier molecular flexibility index (Phi) is 3.06. The maximum atomic E-state index is 13.2. The van der Waals surface area contributed by atoms with E-state index in [1.807, 2.05) is 0 Å². The summed E-state index contributed by atoms with van der Waals surface area (Å²) in [5.74, 6) is -0.123. The first-order chi connectivity index (χ1) is 9.38. The third-order valence-corrected chi connectivity index (χ3v) is 5.18. The highest BCUT2D eigenvalue weighted by Crippen LogP contribution is 2.57. The molecule has 0 aromatic heterocycles. The highest BCUT2D eigenvalue weighted by molar-refractivity contribution is 7.89. The number of nitrogens with two attached hydrogens (primary N) is 1. The van der Waals surface area contributed by atoms with E-state index < -0.39 is 15.8 Å². The number of rotatable bonds is 3. The van der Waals surface area contributed by atoms with E-state index in [1.165, 1.54) is 0 Å². The molecule has 0 saturated heterocycles. The van der Waals surface area contributed by atoms with E-state index in [2.05, 4.69) is 5.32 Å². The van der Waals surface area contributed by atoms with Crippen molar-refractivity contribution in [3.05, 3.63) is 24.0 Å². The number of halogens is 1. The third kappa shape index (κ3) is 2.31. The first-order valence-corrected chi connectivity index (χ1v) is 8.06. The van der Waals surface area contributed by atoms with Crippen molar-refractivity contribution in [1.82, 2.24) is 0 Å². The van der Waals surface area contributed by atoms with Crippen LogP contribution in [-0.2, 0) is 14.8 Å². The maximum Gasteiger partial charge on any atom is 0.240 e. The molecule has 0 aliphatic heterocycles. The Morgan fingerprint density at radius 3 is 2.55 bits per heavy atom. The van der Waals surface area contributed by atoms with Crippen LogP contribution in [0.3, 0.4) is 0 Å². The average Bonchev–Trinajstić information content (AvgIpc) is 2.82. The molecule has 20 heavy (non-hydrogen) atoms. The number of carbonyl (C=O) groups excluding carboxylic acids is 1. The van der Waals surface area contributed by atoms with Gasteiger partial charge in [-0.05, 0) is 42.9 Å². The van der Waals surface area contributed by atoms with E-state index in [9.17, 15) is 17.6 Å². The van der Waals surface area contributed by atoms with Gasteiger partial charge in [0.15, 0.2) is 0 Å². The molecule has 2 unspecified atom stereocenters. The molecule has 2 aliphatic carbocycles. The Balaban J connectivity index is 1.83. The lowest BCUT2D eigenvalue weighted by Gasteiger charge is -2.10. The average molecular weight is 298 g/mol. The number of primary sulfonamides is 1. The Morgan fingerprint density at radius 1 is 1.30 bits per heavy atom. The molecule has 2 aliphatic rings. The van der Waals surface area contributed by atoms with Crippen molar-refractivity contribution in [2.24, 2.45) is 22.9 Å². The summed E-state index contributed by atoms with van der Waals surface area (Å²) in [5, 5.41) is 7.58. The van der Waals surface area contributed by atoms with E-state index in [0.29, 0.717) is 11.8 Å². The van der Waals surface area contributed by atoms with Crippen molar-refractivity contribution >= 4 is 21.6 Å². The van der Waals surface area contributed by atoms with Gasteiger partial charge in [0, 0.05) is 5.92 Å². The minimum Gasteiger partial charge on any atom is -0.325 e. The number of benzene rings is 1. The van der Waals surface area contributed by atoms with E-state index in [0.717, 1.165) is 37.5 Å². The number of anilines is 1. The molecule has 0 heterocycles. The van der Waals surface area contributed by atoms with Crippen LogP contribution in [0.1, 0.15) is 19.3 Å². The van der Waals surface area contributed by atoms with Crippen LogP contribution in [0.4, 0.5) is 10.1 Å².